The zero-order valence-corrected chi connectivity index (χ0v) is 14.6. The van der Waals surface area contributed by atoms with E-state index in [1.54, 1.807) is 24.1 Å². The highest BCUT2D eigenvalue weighted by Gasteiger charge is 2.22. The van der Waals surface area contributed by atoms with Crippen molar-refractivity contribution in [1.82, 2.24) is 4.90 Å². The fourth-order valence-electron chi connectivity index (χ4n) is 2.77. The Morgan fingerprint density at radius 1 is 1.15 bits per heavy atom. The van der Waals surface area contributed by atoms with Crippen LogP contribution in [0.15, 0.2) is 65.5 Å². The van der Waals surface area contributed by atoms with E-state index in [1.807, 2.05) is 30.3 Å². The van der Waals surface area contributed by atoms with Crippen molar-refractivity contribution >= 4 is 11.6 Å². The van der Waals surface area contributed by atoms with Crippen LogP contribution in [0.5, 0.6) is 5.75 Å². The van der Waals surface area contributed by atoms with Gasteiger partial charge in [-0.1, -0.05) is 18.2 Å². The van der Waals surface area contributed by atoms with Gasteiger partial charge in [-0.3, -0.25) is 4.79 Å². The lowest BCUT2D eigenvalue weighted by molar-refractivity contribution is 0.0715. The maximum absolute atomic E-state index is 13.1. The van der Waals surface area contributed by atoms with Gasteiger partial charge in [-0.2, -0.15) is 0 Å². The van der Waals surface area contributed by atoms with Gasteiger partial charge in [0.1, 0.15) is 11.4 Å². The molecule has 0 radical (unpaired) electrons. The van der Waals surface area contributed by atoms with E-state index in [1.165, 1.54) is 12.1 Å². The van der Waals surface area contributed by atoms with Gasteiger partial charge in [-0.05, 0) is 53.6 Å². The predicted molar refractivity (Wildman–Crippen MR) is 98.3 cm³/mol. The van der Waals surface area contributed by atoms with E-state index in [0.717, 1.165) is 23.4 Å². The Hall–Kier alpha value is -2.99. The molecule has 0 saturated carbocycles. The second kappa shape index (κ2) is 8.40. The Kier molecular flexibility index (Phi) is 5.76. The van der Waals surface area contributed by atoms with Crippen LogP contribution in [0, 0.1) is 4.91 Å². The van der Waals surface area contributed by atoms with E-state index in [2.05, 4.69) is 5.18 Å². The van der Waals surface area contributed by atoms with Gasteiger partial charge >= 0.3 is 0 Å². The van der Waals surface area contributed by atoms with E-state index in [4.69, 9.17) is 9.47 Å². The molecule has 1 aliphatic heterocycles. The van der Waals surface area contributed by atoms with Crippen molar-refractivity contribution in [3.63, 3.8) is 0 Å². The fraction of sp³-hybridized carbons (Fsp3) is 0.250. The van der Waals surface area contributed by atoms with E-state index < -0.39 is 0 Å². The molecule has 0 spiro atoms. The SMILES string of the molecule is COc1ccc(CN(C(=O)c2ccc(N=O)cc2)C2=CCCOC2)cc1. The molecule has 3 rings (SSSR count). The number of nitrogens with zero attached hydrogens (tertiary/aromatic N) is 2. The Morgan fingerprint density at radius 3 is 2.46 bits per heavy atom. The first-order chi connectivity index (χ1) is 12.7. The van der Waals surface area contributed by atoms with Crippen molar-refractivity contribution < 1.29 is 14.3 Å². The summed E-state index contributed by atoms with van der Waals surface area (Å²) in [6, 6.07) is 13.9. The van der Waals surface area contributed by atoms with Crippen molar-refractivity contribution in [1.29, 1.82) is 0 Å². The largest absolute Gasteiger partial charge is 0.497 e. The average molecular weight is 352 g/mol. The number of benzene rings is 2. The first-order valence-corrected chi connectivity index (χ1v) is 8.36. The molecule has 0 unspecified atom stereocenters. The Balaban J connectivity index is 1.87. The van der Waals surface area contributed by atoms with Gasteiger partial charge in [0.05, 0.1) is 26.9 Å². The normalized spacial score (nSPS) is 13.7. The number of rotatable bonds is 6. The summed E-state index contributed by atoms with van der Waals surface area (Å²) in [6.07, 6.45) is 2.81. The van der Waals surface area contributed by atoms with Crippen LogP contribution in [0.3, 0.4) is 0 Å². The van der Waals surface area contributed by atoms with Crippen molar-refractivity contribution in [2.24, 2.45) is 5.18 Å². The molecule has 26 heavy (non-hydrogen) atoms. The van der Waals surface area contributed by atoms with Crippen molar-refractivity contribution in [2.45, 2.75) is 13.0 Å². The molecular weight excluding hydrogens is 332 g/mol. The highest BCUT2D eigenvalue weighted by Crippen LogP contribution is 2.22. The van der Waals surface area contributed by atoms with Crippen LogP contribution < -0.4 is 4.74 Å². The number of nitroso groups, excluding NO2 is 1. The highest BCUT2D eigenvalue weighted by atomic mass is 16.5. The second-order valence-electron chi connectivity index (χ2n) is 5.91. The van der Waals surface area contributed by atoms with Crippen molar-refractivity contribution in [3.8, 4) is 5.75 Å². The molecule has 0 fully saturated rings. The summed E-state index contributed by atoms with van der Waals surface area (Å²) in [6.45, 7) is 1.48. The molecule has 6 heteroatoms. The molecule has 2 aromatic rings. The number of methoxy groups -OCH3 is 1. The van der Waals surface area contributed by atoms with Gasteiger partial charge in [-0.25, -0.2) is 0 Å². The molecule has 0 atom stereocenters. The second-order valence-corrected chi connectivity index (χ2v) is 5.91. The van der Waals surface area contributed by atoms with Gasteiger partial charge in [0.15, 0.2) is 0 Å². The van der Waals surface area contributed by atoms with Gasteiger partial charge in [0.2, 0.25) is 0 Å². The number of carbonyl (C=O) groups excluding carboxylic acids is 1. The number of amides is 1. The van der Waals surface area contributed by atoms with Gasteiger partial charge < -0.3 is 14.4 Å². The van der Waals surface area contributed by atoms with Gasteiger partial charge in [0.25, 0.3) is 5.91 Å². The first-order valence-electron chi connectivity index (χ1n) is 8.36. The summed E-state index contributed by atoms with van der Waals surface area (Å²) in [5.74, 6) is 0.624. The monoisotopic (exact) mass is 352 g/mol. The number of carbonyl (C=O) groups is 1. The summed E-state index contributed by atoms with van der Waals surface area (Å²) < 4.78 is 10.7. The van der Waals surface area contributed by atoms with Crippen LogP contribution >= 0.6 is 0 Å². The van der Waals surface area contributed by atoms with Gasteiger partial charge in [-0.15, -0.1) is 4.91 Å². The van der Waals surface area contributed by atoms with Crippen molar-refractivity contribution in [2.75, 3.05) is 20.3 Å². The molecule has 2 aromatic carbocycles. The lowest BCUT2D eigenvalue weighted by Crippen LogP contribution is -2.33. The summed E-state index contributed by atoms with van der Waals surface area (Å²) in [4.78, 5) is 25.4. The summed E-state index contributed by atoms with van der Waals surface area (Å²) in [5, 5.41) is 2.87. The molecule has 1 aliphatic rings. The third-order valence-electron chi connectivity index (χ3n) is 4.20. The van der Waals surface area contributed by atoms with E-state index in [9.17, 15) is 9.70 Å². The minimum absolute atomic E-state index is 0.144. The standard InChI is InChI=1S/C20H20N2O4/c1-25-19-10-4-15(5-11-19)13-22(18-3-2-12-26-14-18)20(23)16-6-8-17(21-24)9-7-16/h3-11H,2,12-14H2,1H3. The molecule has 0 bridgehead atoms. The molecule has 1 amide bonds. The highest BCUT2D eigenvalue weighted by molar-refractivity contribution is 5.95. The zero-order chi connectivity index (χ0) is 18.4. The number of ether oxygens (including phenoxy) is 2. The molecule has 0 N–H and O–H groups in total. The van der Waals surface area contributed by atoms with Crippen LogP contribution in [-0.2, 0) is 11.3 Å². The molecule has 134 valence electrons. The Morgan fingerprint density at radius 2 is 1.88 bits per heavy atom. The third-order valence-corrected chi connectivity index (χ3v) is 4.20. The molecular formula is C20H20N2O4. The lowest BCUT2D eigenvalue weighted by Gasteiger charge is -2.28. The maximum Gasteiger partial charge on any atom is 0.258 e. The minimum Gasteiger partial charge on any atom is -0.497 e. The van der Waals surface area contributed by atoms with Crippen molar-refractivity contribution in [3.05, 3.63) is 76.3 Å². The first kappa shape index (κ1) is 17.8. The maximum atomic E-state index is 13.1. The van der Waals surface area contributed by atoms with Crippen LogP contribution in [0.25, 0.3) is 0 Å². The fourth-order valence-corrected chi connectivity index (χ4v) is 2.77. The smallest absolute Gasteiger partial charge is 0.258 e. The minimum atomic E-state index is -0.144. The predicted octanol–water partition coefficient (Wildman–Crippen LogP) is 4.04. The van der Waals surface area contributed by atoms with Crippen LogP contribution in [0.1, 0.15) is 22.3 Å². The van der Waals surface area contributed by atoms with Crippen LogP contribution in [0.4, 0.5) is 5.69 Å². The Labute approximate surface area is 152 Å². The third kappa shape index (κ3) is 4.15. The summed E-state index contributed by atoms with van der Waals surface area (Å²) in [5.41, 5.74) is 2.62. The average Bonchev–Trinajstić information content (AvgIpc) is 2.72. The lowest BCUT2D eigenvalue weighted by atomic mass is 10.1. The number of hydrogen-bond acceptors (Lipinski definition) is 5. The summed E-state index contributed by atoms with van der Waals surface area (Å²) >= 11 is 0. The molecule has 0 aromatic heterocycles. The molecule has 6 nitrogen and oxygen atoms in total. The molecule has 0 saturated heterocycles. The number of hydrogen-bond donors (Lipinski definition) is 0. The topological polar surface area (TPSA) is 68.2 Å². The van der Waals surface area contributed by atoms with Crippen LogP contribution in [0.2, 0.25) is 0 Å². The van der Waals surface area contributed by atoms with E-state index in [0.29, 0.717) is 31.0 Å². The van der Waals surface area contributed by atoms with E-state index in [-0.39, 0.29) is 5.91 Å². The summed E-state index contributed by atoms with van der Waals surface area (Å²) in [7, 11) is 1.62. The van der Waals surface area contributed by atoms with E-state index >= 15 is 0 Å². The zero-order valence-electron chi connectivity index (χ0n) is 14.6. The molecule has 0 aliphatic carbocycles. The quantitative estimate of drug-likeness (QED) is 0.736. The Bertz CT molecular complexity index is 798. The van der Waals surface area contributed by atoms with Crippen LogP contribution in [-0.4, -0.2) is 31.1 Å². The van der Waals surface area contributed by atoms with Gasteiger partial charge in [0, 0.05) is 11.3 Å². The molecule has 1 heterocycles.